The van der Waals surface area contributed by atoms with Gasteiger partial charge in [-0.05, 0) is 23.8 Å². The molecule has 0 bridgehead atoms. The molecule has 0 radical (unpaired) electrons. The molecule has 0 saturated heterocycles. The highest BCUT2D eigenvalue weighted by molar-refractivity contribution is 5.95. The van der Waals surface area contributed by atoms with Gasteiger partial charge in [0.05, 0.1) is 65.9 Å². The Morgan fingerprint density at radius 1 is 0.667 bits per heavy atom. The zero-order valence-corrected chi connectivity index (χ0v) is 17.9. The molecule has 0 unspecified atom stereocenters. The summed E-state index contributed by atoms with van der Waals surface area (Å²) in [7, 11) is 9.25. The van der Waals surface area contributed by atoms with Crippen LogP contribution in [0.25, 0.3) is 22.2 Å². The van der Waals surface area contributed by atoms with E-state index in [1.165, 1.54) is 14.2 Å². The Morgan fingerprint density at radius 2 is 1.20 bits per heavy atom. The van der Waals surface area contributed by atoms with Crippen molar-refractivity contribution in [3.63, 3.8) is 0 Å². The smallest absolute Gasteiger partial charge is 0.204 e. The number of methoxy groups -OCH3 is 6. The Bertz CT molecular complexity index is 1040. The predicted molar refractivity (Wildman–Crippen MR) is 112 cm³/mol. The van der Waals surface area contributed by atoms with Crippen molar-refractivity contribution in [3.8, 4) is 45.8 Å². The molecule has 30 heavy (non-hydrogen) atoms. The van der Waals surface area contributed by atoms with Gasteiger partial charge in [-0.25, -0.2) is 4.98 Å². The standard InChI is InChI=1S/C22H25NO7/c1-25-16-8-12(9-17(26-2)20(16)28-4)14-7-13(11-24)19-15(23-14)10-18(27-3)21(29-5)22(19)30-6/h7-10,24H,11H2,1-6H3. The molecular weight excluding hydrogens is 390 g/mol. The van der Waals surface area contributed by atoms with Gasteiger partial charge in [-0.3, -0.25) is 0 Å². The summed E-state index contributed by atoms with van der Waals surface area (Å²) in [5.41, 5.74) is 2.55. The van der Waals surface area contributed by atoms with Crippen molar-refractivity contribution < 1.29 is 33.5 Å². The summed E-state index contributed by atoms with van der Waals surface area (Å²) < 4.78 is 32.8. The first-order chi connectivity index (χ1) is 14.6. The van der Waals surface area contributed by atoms with E-state index in [0.717, 1.165) is 5.56 Å². The molecule has 0 atom stereocenters. The number of rotatable bonds is 8. The van der Waals surface area contributed by atoms with Crippen LogP contribution in [0, 0.1) is 0 Å². The van der Waals surface area contributed by atoms with Gasteiger partial charge in [0, 0.05) is 11.6 Å². The molecule has 0 fully saturated rings. The SMILES string of the molecule is COc1cc(-c2cc(CO)c3c(OC)c(OC)c(OC)cc3n2)cc(OC)c1OC. The second-order valence-corrected chi connectivity index (χ2v) is 6.28. The lowest BCUT2D eigenvalue weighted by Gasteiger charge is -2.18. The molecule has 3 aromatic rings. The number of pyridine rings is 1. The van der Waals surface area contributed by atoms with Gasteiger partial charge in [0.2, 0.25) is 11.5 Å². The van der Waals surface area contributed by atoms with Crippen LogP contribution in [0.4, 0.5) is 0 Å². The second-order valence-electron chi connectivity index (χ2n) is 6.28. The van der Waals surface area contributed by atoms with E-state index in [9.17, 15) is 5.11 Å². The number of hydrogen-bond acceptors (Lipinski definition) is 8. The van der Waals surface area contributed by atoms with Gasteiger partial charge in [-0.15, -0.1) is 0 Å². The normalized spacial score (nSPS) is 10.6. The molecule has 0 aliphatic rings. The van der Waals surface area contributed by atoms with Gasteiger partial charge in [-0.1, -0.05) is 0 Å². The van der Waals surface area contributed by atoms with E-state index in [4.69, 9.17) is 33.4 Å². The van der Waals surface area contributed by atoms with Crippen LogP contribution in [0.2, 0.25) is 0 Å². The number of nitrogens with zero attached hydrogens (tertiary/aromatic N) is 1. The molecule has 0 spiro atoms. The third-order valence-corrected chi connectivity index (χ3v) is 4.81. The van der Waals surface area contributed by atoms with Crippen molar-refractivity contribution in [2.75, 3.05) is 42.7 Å². The highest BCUT2D eigenvalue weighted by Gasteiger charge is 2.21. The van der Waals surface area contributed by atoms with Crippen molar-refractivity contribution in [2.45, 2.75) is 6.61 Å². The van der Waals surface area contributed by atoms with Crippen LogP contribution in [-0.2, 0) is 6.61 Å². The lowest BCUT2D eigenvalue weighted by molar-refractivity contribution is 0.282. The second kappa shape index (κ2) is 8.96. The largest absolute Gasteiger partial charge is 0.493 e. The molecule has 3 rings (SSSR count). The minimum Gasteiger partial charge on any atom is -0.493 e. The third kappa shape index (κ3) is 3.50. The molecule has 8 nitrogen and oxygen atoms in total. The maximum Gasteiger partial charge on any atom is 0.204 e. The number of aliphatic hydroxyl groups is 1. The Morgan fingerprint density at radius 3 is 1.67 bits per heavy atom. The summed E-state index contributed by atoms with van der Waals surface area (Å²) in [4.78, 5) is 4.77. The van der Waals surface area contributed by atoms with Gasteiger partial charge in [0.15, 0.2) is 23.0 Å². The average Bonchev–Trinajstić information content (AvgIpc) is 2.80. The van der Waals surface area contributed by atoms with E-state index in [0.29, 0.717) is 56.7 Å². The molecule has 0 saturated carbocycles. The van der Waals surface area contributed by atoms with Crippen molar-refractivity contribution >= 4 is 10.9 Å². The molecule has 1 heterocycles. The number of aromatic nitrogens is 1. The first kappa shape index (κ1) is 21.3. The zero-order chi connectivity index (χ0) is 21.8. The Hall–Kier alpha value is -3.39. The van der Waals surface area contributed by atoms with Crippen LogP contribution >= 0.6 is 0 Å². The van der Waals surface area contributed by atoms with Gasteiger partial charge in [0.25, 0.3) is 0 Å². The van der Waals surface area contributed by atoms with Crippen molar-refractivity contribution in [2.24, 2.45) is 0 Å². The van der Waals surface area contributed by atoms with E-state index in [-0.39, 0.29) is 6.61 Å². The minimum atomic E-state index is -0.220. The molecule has 0 amide bonds. The predicted octanol–water partition coefficient (Wildman–Crippen LogP) is 3.45. The summed E-state index contributed by atoms with van der Waals surface area (Å²) in [5, 5.41) is 10.7. The fourth-order valence-electron chi connectivity index (χ4n) is 3.44. The summed E-state index contributed by atoms with van der Waals surface area (Å²) in [6, 6.07) is 7.14. The van der Waals surface area contributed by atoms with E-state index >= 15 is 0 Å². The van der Waals surface area contributed by atoms with E-state index in [1.54, 1.807) is 52.7 Å². The van der Waals surface area contributed by atoms with E-state index < -0.39 is 0 Å². The lowest BCUT2D eigenvalue weighted by atomic mass is 10.0. The molecular formula is C22H25NO7. The molecule has 0 aliphatic carbocycles. The number of hydrogen-bond donors (Lipinski definition) is 1. The Kier molecular flexibility index (Phi) is 6.37. The van der Waals surface area contributed by atoms with E-state index in [2.05, 4.69) is 0 Å². The highest BCUT2D eigenvalue weighted by Crippen LogP contribution is 2.46. The van der Waals surface area contributed by atoms with Crippen LogP contribution in [-0.4, -0.2) is 52.7 Å². The van der Waals surface area contributed by atoms with Crippen LogP contribution in [0.3, 0.4) is 0 Å². The maximum absolute atomic E-state index is 10.1. The number of aliphatic hydroxyl groups excluding tert-OH is 1. The summed E-state index contributed by atoms with van der Waals surface area (Å²) >= 11 is 0. The Balaban J connectivity index is 2.34. The van der Waals surface area contributed by atoms with Gasteiger partial charge in [-0.2, -0.15) is 0 Å². The van der Waals surface area contributed by atoms with Crippen molar-refractivity contribution in [1.29, 1.82) is 0 Å². The van der Waals surface area contributed by atoms with Crippen molar-refractivity contribution in [3.05, 3.63) is 29.8 Å². The first-order valence-electron chi connectivity index (χ1n) is 9.10. The maximum atomic E-state index is 10.1. The van der Waals surface area contributed by atoms with Gasteiger partial charge >= 0.3 is 0 Å². The fourth-order valence-corrected chi connectivity index (χ4v) is 3.44. The van der Waals surface area contributed by atoms with Gasteiger partial charge in [0.1, 0.15) is 0 Å². The quantitative estimate of drug-likeness (QED) is 0.599. The zero-order valence-electron chi connectivity index (χ0n) is 17.9. The highest BCUT2D eigenvalue weighted by atomic mass is 16.5. The van der Waals surface area contributed by atoms with Crippen molar-refractivity contribution in [1.82, 2.24) is 4.98 Å². The average molecular weight is 415 g/mol. The molecule has 1 aromatic heterocycles. The lowest BCUT2D eigenvalue weighted by Crippen LogP contribution is -2.01. The molecule has 160 valence electrons. The number of benzene rings is 2. The first-order valence-corrected chi connectivity index (χ1v) is 9.10. The topological polar surface area (TPSA) is 88.5 Å². The van der Waals surface area contributed by atoms with E-state index in [1.807, 2.05) is 0 Å². The third-order valence-electron chi connectivity index (χ3n) is 4.81. The summed E-state index contributed by atoms with van der Waals surface area (Å²) in [6.45, 7) is -0.220. The van der Waals surface area contributed by atoms with Crippen LogP contribution in [0.15, 0.2) is 24.3 Å². The monoisotopic (exact) mass is 415 g/mol. The molecule has 0 aliphatic heterocycles. The molecule has 8 heteroatoms. The summed E-state index contributed by atoms with van der Waals surface area (Å²) in [6.07, 6.45) is 0. The van der Waals surface area contributed by atoms with Crippen LogP contribution in [0.5, 0.6) is 34.5 Å². The van der Waals surface area contributed by atoms with Crippen LogP contribution in [0.1, 0.15) is 5.56 Å². The minimum absolute atomic E-state index is 0.220. The number of fused-ring (bicyclic) bond motifs is 1. The fraction of sp³-hybridized carbons (Fsp3) is 0.318. The Labute approximate surface area is 174 Å². The van der Waals surface area contributed by atoms with Gasteiger partial charge < -0.3 is 33.5 Å². The summed E-state index contributed by atoms with van der Waals surface area (Å²) in [5.74, 6) is 2.85. The molecule has 2 aromatic carbocycles. The molecule has 1 N–H and O–H groups in total. The number of ether oxygens (including phenoxy) is 6. The van der Waals surface area contributed by atoms with Crippen LogP contribution < -0.4 is 28.4 Å².